The number of hydrogen-bond acceptors (Lipinski definition) is 5. The van der Waals surface area contributed by atoms with Crippen molar-refractivity contribution in [3.63, 3.8) is 0 Å². The average molecular weight is 419 g/mol. The zero-order valence-corrected chi connectivity index (χ0v) is 15.6. The second kappa shape index (κ2) is 7.45. The number of hydrogen-bond donors (Lipinski definition) is 2. The molecular formula is C16H14ClF3N4O2S. The van der Waals surface area contributed by atoms with Gasteiger partial charge in [0.2, 0.25) is 0 Å². The molecule has 0 bridgehead atoms. The summed E-state index contributed by atoms with van der Waals surface area (Å²) in [5, 5.41) is 4.29. The minimum absolute atomic E-state index is 0.188. The summed E-state index contributed by atoms with van der Waals surface area (Å²) < 4.78 is 38.6. The Bertz CT molecular complexity index is 900. The minimum Gasteiger partial charge on any atom is -0.318 e. The first-order chi connectivity index (χ1) is 12.6. The smallest absolute Gasteiger partial charge is 0.318 e. The fourth-order valence-corrected chi connectivity index (χ4v) is 3.85. The number of benzene rings is 1. The molecule has 1 aliphatic rings. The van der Waals surface area contributed by atoms with Gasteiger partial charge in [-0.2, -0.15) is 13.2 Å². The van der Waals surface area contributed by atoms with Crippen LogP contribution in [0.3, 0.4) is 0 Å². The van der Waals surface area contributed by atoms with Crippen molar-refractivity contribution in [2.45, 2.75) is 19.1 Å². The zero-order valence-electron chi connectivity index (χ0n) is 14.0. The molecule has 11 heteroatoms. The molecule has 0 unspecified atom stereocenters. The van der Waals surface area contributed by atoms with Crippen LogP contribution in [0.1, 0.15) is 16.1 Å². The van der Waals surface area contributed by atoms with Crippen molar-refractivity contribution in [1.29, 1.82) is 0 Å². The van der Waals surface area contributed by atoms with Crippen molar-refractivity contribution in [3.05, 3.63) is 39.4 Å². The first-order valence-corrected chi connectivity index (χ1v) is 8.99. The molecule has 1 aromatic carbocycles. The highest BCUT2D eigenvalue weighted by Crippen LogP contribution is 2.36. The summed E-state index contributed by atoms with van der Waals surface area (Å²) in [5.74, 6) is -2.12. The van der Waals surface area contributed by atoms with Crippen molar-refractivity contribution in [2.75, 3.05) is 24.2 Å². The number of carbonyl (C=O) groups excluding carboxylic acids is 2. The highest BCUT2D eigenvalue weighted by atomic mass is 35.5. The lowest BCUT2D eigenvalue weighted by atomic mass is 10.2. The third-order valence-corrected chi connectivity index (χ3v) is 5.21. The molecule has 27 heavy (non-hydrogen) atoms. The lowest BCUT2D eigenvalue weighted by Gasteiger charge is -2.20. The van der Waals surface area contributed by atoms with E-state index in [1.165, 1.54) is 17.4 Å². The van der Waals surface area contributed by atoms with Gasteiger partial charge in [0.15, 0.2) is 5.13 Å². The second-order valence-electron chi connectivity index (χ2n) is 5.98. The summed E-state index contributed by atoms with van der Waals surface area (Å²) in [5.41, 5.74) is -0.410. The fraction of sp³-hybridized carbons (Fsp3) is 0.312. The van der Waals surface area contributed by atoms with Crippen LogP contribution < -0.4 is 10.6 Å². The van der Waals surface area contributed by atoms with Gasteiger partial charge in [0, 0.05) is 30.1 Å². The summed E-state index contributed by atoms with van der Waals surface area (Å²) in [7, 11) is 1.97. The summed E-state index contributed by atoms with van der Waals surface area (Å²) >= 11 is 6.79. The molecule has 144 valence electrons. The molecule has 1 aromatic heterocycles. The van der Waals surface area contributed by atoms with Gasteiger partial charge < -0.3 is 10.2 Å². The predicted molar refractivity (Wildman–Crippen MR) is 95.9 cm³/mol. The molecule has 0 radical (unpaired) electrons. The first kappa shape index (κ1) is 19.6. The average Bonchev–Trinajstić information content (AvgIpc) is 2.96. The molecule has 2 aromatic rings. The van der Waals surface area contributed by atoms with E-state index >= 15 is 0 Å². The fourth-order valence-electron chi connectivity index (χ4n) is 2.54. The molecule has 0 saturated heterocycles. The molecule has 2 amide bonds. The summed E-state index contributed by atoms with van der Waals surface area (Å²) in [6.07, 6.45) is -3.93. The van der Waals surface area contributed by atoms with Gasteiger partial charge in [-0.3, -0.25) is 14.9 Å². The Morgan fingerprint density at radius 2 is 1.96 bits per heavy atom. The van der Waals surface area contributed by atoms with Gasteiger partial charge in [-0.1, -0.05) is 11.6 Å². The van der Waals surface area contributed by atoms with Crippen LogP contribution in [0.15, 0.2) is 18.2 Å². The van der Waals surface area contributed by atoms with Crippen molar-refractivity contribution in [3.8, 4) is 0 Å². The van der Waals surface area contributed by atoms with Crippen LogP contribution in [0.5, 0.6) is 0 Å². The van der Waals surface area contributed by atoms with Crippen LogP contribution in [0, 0.1) is 0 Å². The topological polar surface area (TPSA) is 74.3 Å². The standard InChI is InChI=1S/C16H14ClF3N4O2S/c1-24-5-4-11-12(7-24)27-15(22-11)23-14(26)13(25)21-8-2-3-10(17)9(6-8)16(18,19)20/h2-3,6H,4-5,7H2,1H3,(H,21,25)(H,22,23,26). The number of nitrogens with one attached hydrogen (secondary N) is 2. The Hall–Kier alpha value is -2.17. The maximum absolute atomic E-state index is 12.9. The number of alkyl halides is 3. The highest BCUT2D eigenvalue weighted by Gasteiger charge is 2.33. The van der Waals surface area contributed by atoms with Gasteiger partial charge in [-0.25, -0.2) is 4.98 Å². The van der Waals surface area contributed by atoms with E-state index < -0.39 is 28.6 Å². The molecule has 0 aliphatic carbocycles. The molecule has 6 nitrogen and oxygen atoms in total. The van der Waals surface area contributed by atoms with Gasteiger partial charge in [-0.15, -0.1) is 11.3 Å². The number of anilines is 2. The van der Waals surface area contributed by atoms with Crippen LogP contribution in [0.4, 0.5) is 24.0 Å². The lowest BCUT2D eigenvalue weighted by molar-refractivity contribution is -0.137. The van der Waals surface area contributed by atoms with Crippen molar-refractivity contribution < 1.29 is 22.8 Å². The van der Waals surface area contributed by atoms with Crippen LogP contribution in [-0.2, 0) is 28.7 Å². The van der Waals surface area contributed by atoms with E-state index in [1.54, 1.807) is 0 Å². The normalized spacial score (nSPS) is 14.6. The highest BCUT2D eigenvalue weighted by molar-refractivity contribution is 7.16. The van der Waals surface area contributed by atoms with Crippen LogP contribution in [0.2, 0.25) is 5.02 Å². The van der Waals surface area contributed by atoms with E-state index in [0.717, 1.165) is 29.6 Å². The van der Waals surface area contributed by atoms with Crippen molar-refractivity contribution in [1.82, 2.24) is 9.88 Å². The van der Waals surface area contributed by atoms with E-state index in [4.69, 9.17) is 11.6 Å². The SMILES string of the molecule is CN1CCc2nc(NC(=O)C(=O)Nc3ccc(Cl)c(C(F)(F)F)c3)sc2C1. The van der Waals surface area contributed by atoms with Gasteiger partial charge in [-0.05, 0) is 25.2 Å². The van der Waals surface area contributed by atoms with Crippen molar-refractivity contribution in [2.24, 2.45) is 0 Å². The van der Waals surface area contributed by atoms with E-state index in [1.807, 2.05) is 7.05 Å². The summed E-state index contributed by atoms with van der Waals surface area (Å²) in [6, 6.07) is 2.86. The number of carbonyl (C=O) groups is 2. The van der Waals surface area contributed by atoms with E-state index in [2.05, 4.69) is 20.5 Å². The lowest BCUT2D eigenvalue weighted by Crippen LogP contribution is -2.29. The third kappa shape index (κ3) is 4.57. The Morgan fingerprint density at radius 1 is 1.26 bits per heavy atom. The maximum atomic E-state index is 12.9. The number of thiazole rings is 1. The van der Waals surface area contributed by atoms with Crippen LogP contribution in [-0.4, -0.2) is 35.3 Å². The third-order valence-electron chi connectivity index (χ3n) is 3.88. The predicted octanol–water partition coefficient (Wildman–Crippen LogP) is 3.38. The summed E-state index contributed by atoms with van der Waals surface area (Å²) in [6.45, 7) is 1.56. The number of aromatic nitrogens is 1. The van der Waals surface area contributed by atoms with Crippen LogP contribution >= 0.6 is 22.9 Å². The van der Waals surface area contributed by atoms with E-state index in [0.29, 0.717) is 12.6 Å². The number of halogens is 4. The molecule has 0 atom stereocenters. The molecule has 0 spiro atoms. The second-order valence-corrected chi connectivity index (χ2v) is 7.47. The van der Waals surface area contributed by atoms with Gasteiger partial charge in [0.1, 0.15) is 0 Å². The number of nitrogens with zero attached hydrogens (tertiary/aromatic N) is 2. The minimum atomic E-state index is -4.67. The number of amides is 2. The Balaban J connectivity index is 1.67. The van der Waals surface area contributed by atoms with E-state index in [-0.39, 0.29) is 10.8 Å². The molecule has 2 heterocycles. The van der Waals surface area contributed by atoms with E-state index in [9.17, 15) is 22.8 Å². The quantitative estimate of drug-likeness (QED) is 0.733. The molecule has 1 aliphatic heterocycles. The van der Waals surface area contributed by atoms with Crippen LogP contribution in [0.25, 0.3) is 0 Å². The monoisotopic (exact) mass is 418 g/mol. The Kier molecular flexibility index (Phi) is 5.41. The maximum Gasteiger partial charge on any atom is 0.417 e. The van der Waals surface area contributed by atoms with Gasteiger partial charge in [0.25, 0.3) is 0 Å². The van der Waals surface area contributed by atoms with Gasteiger partial charge in [0.05, 0.1) is 16.3 Å². The molecule has 0 saturated carbocycles. The number of fused-ring (bicyclic) bond motifs is 1. The summed E-state index contributed by atoms with van der Waals surface area (Å²) in [4.78, 5) is 31.4. The number of rotatable bonds is 2. The zero-order chi connectivity index (χ0) is 19.8. The molecular weight excluding hydrogens is 405 g/mol. The molecule has 0 fully saturated rings. The molecule has 3 rings (SSSR count). The van der Waals surface area contributed by atoms with Gasteiger partial charge >= 0.3 is 18.0 Å². The first-order valence-electron chi connectivity index (χ1n) is 7.79. The largest absolute Gasteiger partial charge is 0.417 e. The Labute approximate surface area is 161 Å². The molecule has 2 N–H and O–H groups in total. The van der Waals surface area contributed by atoms with Crippen molar-refractivity contribution >= 4 is 45.6 Å². The number of likely N-dealkylation sites (N-methyl/N-ethyl adjacent to an activating group) is 1. The Morgan fingerprint density at radius 3 is 2.67 bits per heavy atom.